The van der Waals surface area contributed by atoms with Crippen LogP contribution < -0.4 is 4.57 Å². The molecule has 2 nitrogen and oxygen atoms in total. The molecule has 0 radical (unpaired) electrons. The van der Waals surface area contributed by atoms with E-state index >= 15 is 0 Å². The molecule has 2 heteroatoms. The lowest BCUT2D eigenvalue weighted by Crippen LogP contribution is -2.28. The quantitative estimate of drug-likeness (QED) is 0.750. The highest BCUT2D eigenvalue weighted by Gasteiger charge is 2.08. The highest BCUT2D eigenvalue weighted by Crippen LogP contribution is 2.08. The van der Waals surface area contributed by atoms with E-state index in [4.69, 9.17) is 0 Å². The van der Waals surface area contributed by atoms with Crippen molar-refractivity contribution in [2.45, 2.75) is 6.42 Å². The van der Waals surface area contributed by atoms with Gasteiger partial charge < -0.3 is 0 Å². The van der Waals surface area contributed by atoms with E-state index in [0.29, 0.717) is 0 Å². The molecule has 1 N–H and O–H groups in total. The van der Waals surface area contributed by atoms with E-state index in [2.05, 4.69) is 42.4 Å². The largest absolute Gasteiger partial charge is 0.263 e. The minimum Gasteiger partial charge on any atom is -0.247 e. The second kappa shape index (κ2) is 4.62. The van der Waals surface area contributed by atoms with Gasteiger partial charge in [-0.15, -0.1) is 0 Å². The Morgan fingerprint density at radius 2 is 1.94 bits per heavy atom. The Morgan fingerprint density at radius 3 is 2.56 bits per heavy atom. The Kier molecular flexibility index (Phi) is 3.01. The van der Waals surface area contributed by atoms with E-state index in [-0.39, 0.29) is 0 Å². The molecule has 1 heterocycles. The molecule has 2 aromatic rings. The maximum absolute atomic E-state index is 3.76. The Hall–Kier alpha value is -2.09. The zero-order valence-electron chi connectivity index (χ0n) is 9.19. The molecule has 0 saturated carbocycles. The van der Waals surface area contributed by atoms with Gasteiger partial charge in [0, 0.05) is 0 Å². The smallest absolute Gasteiger partial charge is 0.247 e. The molecule has 0 aliphatic carbocycles. The first-order valence-electron chi connectivity index (χ1n) is 5.25. The first-order chi connectivity index (χ1) is 7.83. The fraction of sp³-hybridized carbons (Fsp3) is 0.0714. The summed E-state index contributed by atoms with van der Waals surface area (Å²) in [6.07, 6.45) is 8.39. The van der Waals surface area contributed by atoms with Crippen LogP contribution in [0.1, 0.15) is 17.0 Å². The number of benzene rings is 1. The van der Waals surface area contributed by atoms with Gasteiger partial charge in [0.2, 0.25) is 0 Å². The van der Waals surface area contributed by atoms with Gasteiger partial charge in [-0.1, -0.05) is 43.5 Å². The number of aromatic nitrogens is 2. The van der Waals surface area contributed by atoms with Crippen LogP contribution in [-0.2, 0) is 6.42 Å². The second-order valence-corrected chi connectivity index (χ2v) is 3.62. The number of H-pyrrole nitrogens is 1. The molecule has 16 heavy (non-hydrogen) atoms. The van der Waals surface area contributed by atoms with Crippen LogP contribution in [0.5, 0.6) is 0 Å². The van der Waals surface area contributed by atoms with Gasteiger partial charge in [-0.2, -0.15) is 0 Å². The molecule has 0 aliphatic rings. The molecular weight excluding hydrogens is 196 g/mol. The molecule has 0 saturated heterocycles. The zero-order chi connectivity index (χ0) is 11.4. The van der Waals surface area contributed by atoms with Crippen LogP contribution in [0.25, 0.3) is 12.3 Å². The fourth-order valence-corrected chi connectivity index (χ4v) is 1.66. The van der Waals surface area contributed by atoms with Crippen LogP contribution in [0.3, 0.4) is 0 Å². The molecule has 0 bridgehead atoms. The van der Waals surface area contributed by atoms with Crippen LogP contribution in [0.15, 0.2) is 49.8 Å². The zero-order valence-corrected chi connectivity index (χ0v) is 9.19. The van der Waals surface area contributed by atoms with Crippen molar-refractivity contribution in [3.63, 3.8) is 0 Å². The summed E-state index contributed by atoms with van der Waals surface area (Å²) in [4.78, 5) is 3.21. The summed E-state index contributed by atoms with van der Waals surface area (Å²) in [6, 6.07) is 8.38. The summed E-state index contributed by atoms with van der Waals surface area (Å²) in [5.41, 5.74) is 2.41. The van der Waals surface area contributed by atoms with Gasteiger partial charge in [-0.25, -0.2) is 9.55 Å². The molecule has 2 rings (SSSR count). The standard InChI is InChI=1S/C14H14N2/c1-3-12-5-7-13(8-6-12)11-14-15-9-10-16(14)4-2/h3-10H,1-2,11H2/p+1. The summed E-state index contributed by atoms with van der Waals surface area (Å²) < 4.78 is 1.99. The molecule has 0 atom stereocenters. The van der Waals surface area contributed by atoms with E-state index in [1.54, 1.807) is 6.20 Å². The van der Waals surface area contributed by atoms with E-state index in [9.17, 15) is 0 Å². The average molecular weight is 211 g/mol. The highest BCUT2D eigenvalue weighted by atomic mass is 15.0. The highest BCUT2D eigenvalue weighted by molar-refractivity contribution is 5.47. The van der Waals surface area contributed by atoms with Crippen LogP contribution in [0.4, 0.5) is 0 Å². The number of rotatable bonds is 4. The topological polar surface area (TPSA) is 19.7 Å². The van der Waals surface area contributed by atoms with E-state index in [1.807, 2.05) is 23.0 Å². The maximum Gasteiger partial charge on any atom is 0.263 e. The fourth-order valence-electron chi connectivity index (χ4n) is 1.66. The van der Waals surface area contributed by atoms with Crippen molar-refractivity contribution in [1.82, 2.24) is 4.98 Å². The van der Waals surface area contributed by atoms with Gasteiger partial charge in [0.1, 0.15) is 12.4 Å². The maximum atomic E-state index is 3.76. The summed E-state index contributed by atoms with van der Waals surface area (Å²) in [5.74, 6) is 1.13. The Balaban J connectivity index is 2.20. The van der Waals surface area contributed by atoms with Gasteiger partial charge >= 0.3 is 0 Å². The van der Waals surface area contributed by atoms with Crippen molar-refractivity contribution in [1.29, 1.82) is 0 Å². The third kappa shape index (κ3) is 2.11. The van der Waals surface area contributed by atoms with Crippen LogP contribution in [0, 0.1) is 0 Å². The van der Waals surface area contributed by atoms with Gasteiger partial charge in [-0.05, 0) is 11.1 Å². The monoisotopic (exact) mass is 211 g/mol. The molecule has 1 aromatic heterocycles. The van der Waals surface area contributed by atoms with Gasteiger partial charge in [0.15, 0.2) is 0 Å². The minimum atomic E-state index is 0.871. The van der Waals surface area contributed by atoms with Crippen molar-refractivity contribution in [3.05, 3.63) is 66.8 Å². The van der Waals surface area contributed by atoms with Crippen molar-refractivity contribution in [2.75, 3.05) is 0 Å². The van der Waals surface area contributed by atoms with Crippen LogP contribution in [-0.4, -0.2) is 4.98 Å². The predicted octanol–water partition coefficient (Wildman–Crippen LogP) is 2.64. The number of nitrogens with zero attached hydrogens (tertiary/aromatic N) is 1. The summed E-state index contributed by atoms with van der Waals surface area (Å²) in [6.45, 7) is 7.50. The molecule has 0 fully saturated rings. The number of nitrogens with one attached hydrogen (secondary N) is 1. The number of imidazole rings is 1. The van der Waals surface area contributed by atoms with Crippen molar-refractivity contribution < 1.29 is 4.57 Å². The first-order valence-corrected chi connectivity index (χ1v) is 5.25. The molecule has 80 valence electrons. The SMILES string of the molecule is C=Cc1ccc(Cc2[nH]cc[n+]2C=C)cc1. The second-order valence-electron chi connectivity index (χ2n) is 3.62. The van der Waals surface area contributed by atoms with Gasteiger partial charge in [-0.3, -0.25) is 0 Å². The third-order valence-corrected chi connectivity index (χ3v) is 2.58. The molecule has 0 spiro atoms. The minimum absolute atomic E-state index is 0.871. The lowest BCUT2D eigenvalue weighted by Gasteiger charge is -1.98. The predicted molar refractivity (Wildman–Crippen MR) is 66.7 cm³/mol. The van der Waals surface area contributed by atoms with E-state index in [1.165, 1.54) is 5.56 Å². The Labute approximate surface area is 95.6 Å². The Morgan fingerprint density at radius 1 is 1.19 bits per heavy atom. The van der Waals surface area contributed by atoms with Gasteiger partial charge in [0.05, 0.1) is 12.6 Å². The van der Waals surface area contributed by atoms with Crippen molar-refractivity contribution in [2.24, 2.45) is 0 Å². The third-order valence-electron chi connectivity index (χ3n) is 2.58. The number of aromatic amines is 1. The van der Waals surface area contributed by atoms with Crippen molar-refractivity contribution in [3.8, 4) is 0 Å². The lowest BCUT2D eigenvalue weighted by atomic mass is 10.1. The van der Waals surface area contributed by atoms with Gasteiger partial charge in [0.25, 0.3) is 5.82 Å². The molecule has 0 amide bonds. The number of hydrogen-bond donors (Lipinski definition) is 1. The normalized spacial score (nSPS) is 10.0. The number of hydrogen-bond acceptors (Lipinski definition) is 0. The summed E-state index contributed by atoms with van der Waals surface area (Å²) in [7, 11) is 0. The Bertz CT molecular complexity index is 492. The first kappa shape index (κ1) is 10.4. The molecule has 1 aromatic carbocycles. The summed E-state index contributed by atoms with van der Waals surface area (Å²) >= 11 is 0. The van der Waals surface area contributed by atoms with E-state index < -0.39 is 0 Å². The van der Waals surface area contributed by atoms with Crippen LogP contribution >= 0.6 is 0 Å². The molecule has 0 unspecified atom stereocenters. The van der Waals surface area contributed by atoms with Crippen LogP contribution in [0.2, 0.25) is 0 Å². The summed E-state index contributed by atoms with van der Waals surface area (Å²) in [5, 5.41) is 0. The molecular formula is C14H15N2+. The van der Waals surface area contributed by atoms with E-state index in [0.717, 1.165) is 17.8 Å². The lowest BCUT2D eigenvalue weighted by molar-refractivity contribution is -0.574. The average Bonchev–Trinajstić information content (AvgIpc) is 2.77. The molecule has 0 aliphatic heterocycles. The van der Waals surface area contributed by atoms with Crippen molar-refractivity contribution >= 4 is 12.3 Å².